The Labute approximate surface area is 163 Å². The number of methoxy groups -OCH3 is 1. The van der Waals surface area contributed by atoms with E-state index in [1.54, 1.807) is 43.5 Å². The monoisotopic (exact) mass is 388 g/mol. The third-order valence-corrected chi connectivity index (χ3v) is 4.20. The minimum Gasteiger partial charge on any atom is -0.465 e. The molecule has 0 bridgehead atoms. The Morgan fingerprint density at radius 2 is 1.79 bits per heavy atom. The van der Waals surface area contributed by atoms with Crippen LogP contribution < -0.4 is 10.6 Å². The Hall–Kier alpha value is -2.93. The van der Waals surface area contributed by atoms with Crippen molar-refractivity contribution in [1.29, 1.82) is 0 Å². The molecule has 0 unspecified atom stereocenters. The van der Waals surface area contributed by atoms with E-state index in [1.165, 1.54) is 6.07 Å². The second-order valence-corrected chi connectivity index (χ2v) is 7.49. The number of benzene rings is 2. The Morgan fingerprint density at radius 1 is 1.14 bits per heavy atom. The summed E-state index contributed by atoms with van der Waals surface area (Å²) in [6.07, 6.45) is -1.34. The van der Waals surface area contributed by atoms with E-state index in [0.717, 1.165) is 5.56 Å². The molecule has 0 aliphatic carbocycles. The number of halogens is 1. The van der Waals surface area contributed by atoms with Gasteiger partial charge in [0.05, 0.1) is 6.61 Å². The smallest absolute Gasteiger partial charge is 0.405 e. The van der Waals surface area contributed by atoms with Crippen molar-refractivity contribution in [3.8, 4) is 0 Å². The summed E-state index contributed by atoms with van der Waals surface area (Å²) in [6, 6.07) is 10.1. The van der Waals surface area contributed by atoms with Gasteiger partial charge < -0.3 is 20.5 Å². The highest BCUT2D eigenvalue weighted by Gasteiger charge is 2.24. The van der Waals surface area contributed by atoms with Crippen molar-refractivity contribution in [1.82, 2.24) is 5.32 Å². The van der Waals surface area contributed by atoms with Crippen LogP contribution in [0.2, 0.25) is 0 Å². The highest BCUT2D eigenvalue weighted by Crippen LogP contribution is 2.27. The Balaban J connectivity index is 2.23. The zero-order valence-corrected chi connectivity index (χ0v) is 16.4. The highest BCUT2D eigenvalue weighted by atomic mass is 19.1. The molecular formula is C21H25FN2O4. The minimum atomic E-state index is -1.34. The van der Waals surface area contributed by atoms with E-state index in [-0.39, 0.29) is 11.1 Å². The fraction of sp³-hybridized carbons (Fsp3) is 0.333. The quantitative estimate of drug-likeness (QED) is 0.691. The number of hydrogen-bond donors (Lipinski definition) is 3. The van der Waals surface area contributed by atoms with Gasteiger partial charge in [-0.15, -0.1) is 0 Å². The van der Waals surface area contributed by atoms with Crippen molar-refractivity contribution in [3.63, 3.8) is 0 Å². The van der Waals surface area contributed by atoms with E-state index in [9.17, 15) is 14.0 Å². The molecule has 2 aromatic carbocycles. The number of ether oxygens (including phenoxy) is 1. The molecule has 1 atom stereocenters. The molecule has 2 rings (SSSR count). The first-order valence-electron chi connectivity index (χ1n) is 8.80. The van der Waals surface area contributed by atoms with Gasteiger partial charge in [0, 0.05) is 12.8 Å². The van der Waals surface area contributed by atoms with Crippen LogP contribution in [0.1, 0.15) is 43.5 Å². The Kier molecular flexibility index (Phi) is 6.75. The molecule has 28 heavy (non-hydrogen) atoms. The standard InChI is InChI=1S/C21H25FN2O4/c1-21(2,3)16-10-9-15(11-17(16)22)23-19(25)18(24-20(26)27)14-7-5-13(6-8-14)12-28-4/h5-11,18,24H,12H2,1-4H3,(H,23,25)(H,26,27)/t18-/m1/s1. The number of anilines is 1. The Bertz CT molecular complexity index is 844. The molecule has 0 fully saturated rings. The number of nitrogens with one attached hydrogen (secondary N) is 2. The number of carbonyl (C=O) groups is 2. The molecule has 150 valence electrons. The lowest BCUT2D eigenvalue weighted by molar-refractivity contribution is -0.118. The number of rotatable bonds is 6. The van der Waals surface area contributed by atoms with Gasteiger partial charge in [0.2, 0.25) is 0 Å². The van der Waals surface area contributed by atoms with Crippen LogP contribution in [0.3, 0.4) is 0 Å². The largest absolute Gasteiger partial charge is 0.465 e. The molecule has 0 spiro atoms. The Morgan fingerprint density at radius 3 is 2.29 bits per heavy atom. The molecule has 0 aromatic heterocycles. The lowest BCUT2D eigenvalue weighted by Crippen LogP contribution is -2.36. The lowest BCUT2D eigenvalue weighted by Gasteiger charge is -2.21. The van der Waals surface area contributed by atoms with E-state index in [4.69, 9.17) is 9.84 Å². The van der Waals surface area contributed by atoms with Crippen LogP contribution in [0.25, 0.3) is 0 Å². The summed E-state index contributed by atoms with van der Waals surface area (Å²) < 4.78 is 19.4. The first kappa shape index (κ1) is 21.4. The average Bonchev–Trinajstić information content (AvgIpc) is 2.59. The maximum Gasteiger partial charge on any atom is 0.405 e. The normalized spacial score (nSPS) is 12.3. The van der Waals surface area contributed by atoms with Gasteiger partial charge in [0.25, 0.3) is 5.91 Å². The van der Waals surface area contributed by atoms with Gasteiger partial charge in [-0.1, -0.05) is 51.1 Å². The number of carbonyl (C=O) groups excluding carboxylic acids is 1. The minimum absolute atomic E-state index is 0.253. The van der Waals surface area contributed by atoms with Crippen LogP contribution in [0.15, 0.2) is 42.5 Å². The van der Waals surface area contributed by atoms with Gasteiger partial charge in [0.1, 0.15) is 11.9 Å². The molecule has 7 heteroatoms. The van der Waals surface area contributed by atoms with Gasteiger partial charge in [-0.05, 0) is 34.2 Å². The molecule has 6 nitrogen and oxygen atoms in total. The molecule has 0 saturated carbocycles. The summed E-state index contributed by atoms with van der Waals surface area (Å²) in [4.78, 5) is 23.8. The highest BCUT2D eigenvalue weighted by molar-refractivity contribution is 5.97. The topological polar surface area (TPSA) is 87.7 Å². The number of hydrogen-bond acceptors (Lipinski definition) is 3. The summed E-state index contributed by atoms with van der Waals surface area (Å²) in [6.45, 7) is 6.08. The molecule has 0 aliphatic rings. The zero-order chi connectivity index (χ0) is 20.9. The van der Waals surface area contributed by atoms with Crippen molar-refractivity contribution < 1.29 is 23.8 Å². The maximum absolute atomic E-state index is 14.4. The van der Waals surface area contributed by atoms with Crippen molar-refractivity contribution in [2.24, 2.45) is 0 Å². The fourth-order valence-corrected chi connectivity index (χ4v) is 2.81. The summed E-state index contributed by atoms with van der Waals surface area (Å²) in [7, 11) is 1.57. The van der Waals surface area contributed by atoms with E-state index in [1.807, 2.05) is 20.8 Å². The van der Waals surface area contributed by atoms with Gasteiger partial charge in [0.15, 0.2) is 0 Å². The first-order valence-corrected chi connectivity index (χ1v) is 8.80. The molecule has 0 saturated heterocycles. The van der Waals surface area contributed by atoms with Gasteiger partial charge in [-0.25, -0.2) is 9.18 Å². The predicted octanol–water partition coefficient (Wildman–Crippen LogP) is 4.22. The van der Waals surface area contributed by atoms with Crippen molar-refractivity contribution in [2.75, 3.05) is 12.4 Å². The van der Waals surface area contributed by atoms with Crippen molar-refractivity contribution in [3.05, 3.63) is 65.0 Å². The molecule has 2 aromatic rings. The predicted molar refractivity (Wildman–Crippen MR) is 105 cm³/mol. The van der Waals surface area contributed by atoms with Crippen LogP contribution in [0.5, 0.6) is 0 Å². The second kappa shape index (κ2) is 8.84. The number of carboxylic acid groups (broad SMARTS) is 1. The maximum atomic E-state index is 14.4. The molecule has 3 N–H and O–H groups in total. The van der Waals surface area contributed by atoms with E-state index in [2.05, 4.69) is 10.6 Å². The fourth-order valence-electron chi connectivity index (χ4n) is 2.81. The summed E-state index contributed by atoms with van der Waals surface area (Å²) in [5.74, 6) is -1.04. The second-order valence-electron chi connectivity index (χ2n) is 7.49. The van der Waals surface area contributed by atoms with Crippen LogP contribution in [-0.4, -0.2) is 24.2 Å². The molecule has 0 radical (unpaired) electrons. The van der Waals surface area contributed by atoms with Gasteiger partial charge >= 0.3 is 6.09 Å². The van der Waals surface area contributed by atoms with Crippen LogP contribution in [0, 0.1) is 5.82 Å². The summed E-state index contributed by atoms with van der Waals surface area (Å²) >= 11 is 0. The first-order chi connectivity index (χ1) is 13.1. The molecule has 0 heterocycles. The van der Waals surface area contributed by atoms with Crippen molar-refractivity contribution in [2.45, 2.75) is 38.8 Å². The van der Waals surface area contributed by atoms with Crippen molar-refractivity contribution >= 4 is 17.7 Å². The van der Waals surface area contributed by atoms with Crippen LogP contribution in [-0.2, 0) is 21.6 Å². The zero-order valence-electron chi connectivity index (χ0n) is 16.4. The van der Waals surface area contributed by atoms with Gasteiger partial charge in [-0.2, -0.15) is 0 Å². The van der Waals surface area contributed by atoms with Gasteiger partial charge in [-0.3, -0.25) is 4.79 Å². The van der Waals surface area contributed by atoms with Crippen LogP contribution in [0.4, 0.5) is 14.9 Å². The lowest BCUT2D eigenvalue weighted by atomic mass is 9.86. The van der Waals surface area contributed by atoms with E-state index >= 15 is 0 Å². The van der Waals surface area contributed by atoms with E-state index < -0.39 is 23.9 Å². The number of amides is 2. The summed E-state index contributed by atoms with van der Waals surface area (Å²) in [5, 5.41) is 13.9. The third kappa shape index (κ3) is 5.53. The molecular weight excluding hydrogens is 363 g/mol. The molecule has 2 amide bonds. The molecule has 0 aliphatic heterocycles. The average molecular weight is 388 g/mol. The summed E-state index contributed by atoms with van der Waals surface area (Å²) in [5.41, 5.74) is 1.76. The SMILES string of the molecule is COCc1ccc([C@@H](NC(=O)O)C(=O)Nc2ccc(C(C)(C)C)c(F)c2)cc1. The van der Waals surface area contributed by atoms with E-state index in [0.29, 0.717) is 17.7 Å². The third-order valence-electron chi connectivity index (χ3n) is 4.20. The van der Waals surface area contributed by atoms with Crippen LogP contribution >= 0.6 is 0 Å².